The molecule has 0 spiro atoms. The Morgan fingerprint density at radius 2 is 1.70 bits per heavy atom. The summed E-state index contributed by atoms with van der Waals surface area (Å²) in [4.78, 5) is 2.63. The van der Waals surface area contributed by atoms with E-state index in [1.807, 2.05) is 0 Å². The van der Waals surface area contributed by atoms with Crippen LogP contribution in [-0.4, -0.2) is 24.5 Å². The first-order valence-corrected chi connectivity index (χ1v) is 8.15. The summed E-state index contributed by atoms with van der Waals surface area (Å²) in [6, 6.07) is 9.38. The predicted molar refractivity (Wildman–Crippen MR) is 85.8 cm³/mol. The van der Waals surface area contributed by atoms with E-state index in [1.54, 1.807) is 0 Å². The lowest BCUT2D eigenvalue weighted by atomic mass is 9.86. The highest BCUT2D eigenvalue weighted by Gasteiger charge is 2.45. The average Bonchev–Trinajstić information content (AvgIpc) is 3.21. The largest absolute Gasteiger partial charge is 0.399 e. The molecule has 2 nitrogen and oxygen atoms in total. The minimum absolute atomic E-state index is 0.422. The van der Waals surface area contributed by atoms with Gasteiger partial charge in [0.2, 0.25) is 0 Å². The molecule has 1 aromatic carbocycles. The molecule has 0 aliphatic heterocycles. The summed E-state index contributed by atoms with van der Waals surface area (Å²) in [5, 5.41) is 0. The summed E-state index contributed by atoms with van der Waals surface area (Å²) in [6.45, 7) is 3.61. The van der Waals surface area contributed by atoms with Crippen LogP contribution in [0, 0.1) is 5.92 Å². The highest BCUT2D eigenvalue weighted by atomic mass is 15.1. The Bertz CT molecular complexity index is 439. The van der Waals surface area contributed by atoms with Crippen molar-refractivity contribution in [2.75, 3.05) is 19.3 Å². The van der Waals surface area contributed by atoms with Gasteiger partial charge in [0.25, 0.3) is 0 Å². The number of nitrogens with zero attached hydrogens (tertiary/aromatic N) is 1. The third kappa shape index (κ3) is 2.85. The van der Waals surface area contributed by atoms with Gasteiger partial charge in [-0.1, -0.05) is 19.1 Å². The summed E-state index contributed by atoms with van der Waals surface area (Å²) in [7, 11) is 2.33. The van der Waals surface area contributed by atoms with Crippen LogP contribution in [0.1, 0.15) is 51.0 Å². The van der Waals surface area contributed by atoms with Crippen molar-refractivity contribution in [1.82, 2.24) is 4.90 Å². The Labute approximate surface area is 123 Å². The van der Waals surface area contributed by atoms with Crippen molar-refractivity contribution in [3.05, 3.63) is 29.8 Å². The summed E-state index contributed by atoms with van der Waals surface area (Å²) < 4.78 is 0. The maximum Gasteiger partial charge on any atom is 0.0314 e. The van der Waals surface area contributed by atoms with Gasteiger partial charge >= 0.3 is 0 Å². The first-order valence-electron chi connectivity index (χ1n) is 8.15. The summed E-state index contributed by atoms with van der Waals surface area (Å²) >= 11 is 0. The molecule has 2 saturated carbocycles. The maximum absolute atomic E-state index is 5.81. The molecule has 3 rings (SSSR count). The summed E-state index contributed by atoms with van der Waals surface area (Å²) in [5.74, 6) is 0.937. The predicted octanol–water partition coefficient (Wildman–Crippen LogP) is 3.81. The Morgan fingerprint density at radius 3 is 2.25 bits per heavy atom. The quantitative estimate of drug-likeness (QED) is 0.845. The van der Waals surface area contributed by atoms with Gasteiger partial charge in [-0.15, -0.1) is 0 Å². The van der Waals surface area contributed by atoms with Crippen LogP contribution in [-0.2, 0) is 5.41 Å². The van der Waals surface area contributed by atoms with E-state index in [0.717, 1.165) is 17.6 Å². The van der Waals surface area contributed by atoms with Crippen molar-refractivity contribution in [2.24, 2.45) is 5.92 Å². The number of anilines is 1. The van der Waals surface area contributed by atoms with E-state index in [1.165, 1.54) is 50.6 Å². The fourth-order valence-corrected chi connectivity index (χ4v) is 3.82. The SMILES string of the molecule is CC1CCC(N(C)CC2(c3ccc(N)cc3)CC2)CC1. The monoisotopic (exact) mass is 272 g/mol. The second-order valence-electron chi connectivity index (χ2n) is 7.23. The summed E-state index contributed by atoms with van der Waals surface area (Å²) in [6.07, 6.45) is 8.26. The van der Waals surface area contributed by atoms with E-state index in [9.17, 15) is 0 Å². The standard InChI is InChI=1S/C18H28N2/c1-14-3-9-17(10-4-14)20(2)13-18(11-12-18)15-5-7-16(19)8-6-15/h5-8,14,17H,3-4,9-13,19H2,1-2H3. The second-order valence-corrected chi connectivity index (χ2v) is 7.23. The van der Waals surface area contributed by atoms with Crippen LogP contribution < -0.4 is 5.73 Å². The molecule has 2 fully saturated rings. The number of nitrogens with two attached hydrogens (primary N) is 1. The van der Waals surface area contributed by atoms with Crippen LogP contribution in [0.2, 0.25) is 0 Å². The molecule has 0 radical (unpaired) electrons. The fourth-order valence-electron chi connectivity index (χ4n) is 3.82. The van der Waals surface area contributed by atoms with Crippen molar-refractivity contribution < 1.29 is 0 Å². The molecular weight excluding hydrogens is 244 g/mol. The van der Waals surface area contributed by atoms with Crippen molar-refractivity contribution in [3.63, 3.8) is 0 Å². The smallest absolute Gasteiger partial charge is 0.0314 e. The summed E-state index contributed by atoms with van der Waals surface area (Å²) in [5.41, 5.74) is 8.60. The maximum atomic E-state index is 5.81. The first-order chi connectivity index (χ1) is 9.59. The zero-order valence-electron chi connectivity index (χ0n) is 12.9. The van der Waals surface area contributed by atoms with Gasteiger partial charge in [-0.3, -0.25) is 0 Å². The molecule has 2 heteroatoms. The van der Waals surface area contributed by atoms with Gasteiger partial charge < -0.3 is 10.6 Å². The van der Waals surface area contributed by atoms with Crippen molar-refractivity contribution >= 4 is 5.69 Å². The van der Waals surface area contributed by atoms with Crippen LogP contribution in [0.5, 0.6) is 0 Å². The third-order valence-corrected chi connectivity index (χ3v) is 5.54. The fraction of sp³-hybridized carbons (Fsp3) is 0.667. The average molecular weight is 272 g/mol. The van der Waals surface area contributed by atoms with Gasteiger partial charge in [0.1, 0.15) is 0 Å². The van der Waals surface area contributed by atoms with Gasteiger partial charge in [0.15, 0.2) is 0 Å². The van der Waals surface area contributed by atoms with E-state index in [4.69, 9.17) is 5.73 Å². The minimum atomic E-state index is 0.422. The topological polar surface area (TPSA) is 29.3 Å². The highest BCUT2D eigenvalue weighted by molar-refractivity contribution is 5.43. The Morgan fingerprint density at radius 1 is 1.10 bits per heavy atom. The zero-order valence-corrected chi connectivity index (χ0v) is 12.9. The molecule has 0 heterocycles. The van der Waals surface area contributed by atoms with Gasteiger partial charge in [-0.2, -0.15) is 0 Å². The number of rotatable bonds is 4. The lowest BCUT2D eigenvalue weighted by molar-refractivity contribution is 0.158. The normalized spacial score (nSPS) is 28.6. The van der Waals surface area contributed by atoms with Crippen molar-refractivity contribution in [3.8, 4) is 0 Å². The molecule has 1 aromatic rings. The minimum Gasteiger partial charge on any atom is -0.399 e. The Hall–Kier alpha value is -1.02. The molecule has 0 saturated heterocycles. The van der Waals surface area contributed by atoms with Crippen LogP contribution in [0.25, 0.3) is 0 Å². The molecule has 0 amide bonds. The first kappa shape index (κ1) is 13.9. The zero-order chi connectivity index (χ0) is 14.2. The molecule has 0 atom stereocenters. The Kier molecular flexibility index (Phi) is 3.76. The molecule has 110 valence electrons. The van der Waals surface area contributed by atoms with Crippen LogP contribution in [0.15, 0.2) is 24.3 Å². The number of hydrogen-bond donors (Lipinski definition) is 1. The molecule has 2 aliphatic rings. The molecule has 0 unspecified atom stereocenters. The van der Waals surface area contributed by atoms with Crippen molar-refractivity contribution in [1.29, 1.82) is 0 Å². The Balaban J connectivity index is 1.63. The van der Waals surface area contributed by atoms with Crippen LogP contribution >= 0.6 is 0 Å². The molecule has 2 aliphatic carbocycles. The molecule has 20 heavy (non-hydrogen) atoms. The van der Waals surface area contributed by atoms with Crippen molar-refractivity contribution in [2.45, 2.75) is 56.9 Å². The van der Waals surface area contributed by atoms with E-state index in [2.05, 4.69) is 43.1 Å². The molecule has 0 aromatic heterocycles. The lowest BCUT2D eigenvalue weighted by Crippen LogP contribution is -2.39. The van der Waals surface area contributed by atoms with E-state index >= 15 is 0 Å². The van der Waals surface area contributed by atoms with E-state index in [-0.39, 0.29) is 0 Å². The van der Waals surface area contributed by atoms with E-state index in [0.29, 0.717) is 5.41 Å². The number of nitrogen functional groups attached to an aromatic ring is 1. The lowest BCUT2D eigenvalue weighted by Gasteiger charge is -2.36. The number of benzene rings is 1. The van der Waals surface area contributed by atoms with E-state index < -0.39 is 0 Å². The second kappa shape index (κ2) is 5.40. The van der Waals surface area contributed by atoms with Gasteiger partial charge in [0, 0.05) is 23.7 Å². The molecule has 2 N–H and O–H groups in total. The molecule has 0 bridgehead atoms. The number of likely N-dealkylation sites (N-methyl/N-ethyl adjacent to an activating group) is 1. The van der Waals surface area contributed by atoms with Gasteiger partial charge in [0.05, 0.1) is 0 Å². The number of hydrogen-bond acceptors (Lipinski definition) is 2. The third-order valence-electron chi connectivity index (χ3n) is 5.54. The van der Waals surface area contributed by atoms with Gasteiger partial charge in [-0.25, -0.2) is 0 Å². The highest BCUT2D eigenvalue weighted by Crippen LogP contribution is 2.49. The van der Waals surface area contributed by atoms with Crippen LogP contribution in [0.3, 0.4) is 0 Å². The molecular formula is C18H28N2. The van der Waals surface area contributed by atoms with Crippen LogP contribution in [0.4, 0.5) is 5.69 Å². The van der Waals surface area contributed by atoms with Gasteiger partial charge in [-0.05, 0) is 69.2 Å².